The highest BCUT2D eigenvalue weighted by Crippen LogP contribution is 1.97. The Kier molecular flexibility index (Phi) is 5.45. The predicted molar refractivity (Wildman–Crippen MR) is 47.9 cm³/mol. The molecule has 0 atom stereocenters. The number of hydrogen-bond acceptors (Lipinski definition) is 0. The maximum Gasteiger partial charge on any atom is -0.0313 e. The molecule has 0 fully saturated rings. The van der Waals surface area contributed by atoms with E-state index in [-0.39, 0.29) is 0 Å². The van der Waals surface area contributed by atoms with Crippen molar-refractivity contribution in [3.8, 4) is 0 Å². The van der Waals surface area contributed by atoms with E-state index >= 15 is 0 Å². The zero-order chi connectivity index (χ0) is 7.82. The summed E-state index contributed by atoms with van der Waals surface area (Å²) >= 11 is 0. The average Bonchev–Trinajstić information content (AvgIpc) is 1.98. The van der Waals surface area contributed by atoms with Crippen molar-refractivity contribution < 1.29 is 0 Å². The largest absolute Gasteiger partial charge is 0.0991 e. The zero-order valence-electron chi connectivity index (χ0n) is 6.51. The van der Waals surface area contributed by atoms with Crippen LogP contribution in [-0.2, 0) is 0 Å². The van der Waals surface area contributed by atoms with Gasteiger partial charge >= 0.3 is 0 Å². The van der Waals surface area contributed by atoms with Gasteiger partial charge in [0.05, 0.1) is 0 Å². The SMILES string of the molecule is C=C/C=C\C=C/C(=C)CC. The summed E-state index contributed by atoms with van der Waals surface area (Å²) in [4.78, 5) is 0. The smallest absolute Gasteiger partial charge is 0.0313 e. The molecule has 0 heterocycles. The molecule has 0 radical (unpaired) electrons. The Balaban J connectivity index is 3.65. The van der Waals surface area contributed by atoms with E-state index in [1.807, 2.05) is 24.3 Å². The van der Waals surface area contributed by atoms with Gasteiger partial charge in [0, 0.05) is 0 Å². The van der Waals surface area contributed by atoms with Crippen LogP contribution in [-0.4, -0.2) is 0 Å². The topological polar surface area (TPSA) is 0 Å². The lowest BCUT2D eigenvalue weighted by Crippen LogP contribution is -1.66. The van der Waals surface area contributed by atoms with E-state index < -0.39 is 0 Å². The van der Waals surface area contributed by atoms with Crippen molar-refractivity contribution in [2.45, 2.75) is 13.3 Å². The Morgan fingerprint density at radius 3 is 2.50 bits per heavy atom. The van der Waals surface area contributed by atoms with Crippen LogP contribution < -0.4 is 0 Å². The molecule has 0 aromatic carbocycles. The Morgan fingerprint density at radius 1 is 1.30 bits per heavy atom. The first kappa shape index (κ1) is 8.96. The van der Waals surface area contributed by atoms with Crippen LogP contribution in [0.5, 0.6) is 0 Å². The molecule has 0 aromatic heterocycles. The molecule has 0 bridgehead atoms. The van der Waals surface area contributed by atoms with Gasteiger partial charge in [-0.15, -0.1) is 0 Å². The molecule has 0 nitrogen and oxygen atoms in total. The van der Waals surface area contributed by atoms with Gasteiger partial charge in [0.25, 0.3) is 0 Å². The van der Waals surface area contributed by atoms with Crippen LogP contribution >= 0.6 is 0 Å². The summed E-state index contributed by atoms with van der Waals surface area (Å²) in [5.74, 6) is 0. The standard InChI is InChI=1S/C10H14/c1-4-6-7-8-9-10(3)5-2/h4,6-9H,1,3,5H2,2H3/b7-6-,9-8-. The second-order valence-corrected chi connectivity index (χ2v) is 1.99. The minimum absolute atomic E-state index is 1.01. The molecule has 0 aromatic rings. The maximum absolute atomic E-state index is 3.82. The van der Waals surface area contributed by atoms with Crippen molar-refractivity contribution in [1.29, 1.82) is 0 Å². The predicted octanol–water partition coefficient (Wildman–Crippen LogP) is 3.25. The molecule has 0 saturated heterocycles. The van der Waals surface area contributed by atoms with Gasteiger partial charge in [0.2, 0.25) is 0 Å². The van der Waals surface area contributed by atoms with Crippen molar-refractivity contribution in [1.82, 2.24) is 0 Å². The second kappa shape index (κ2) is 6.09. The van der Waals surface area contributed by atoms with Gasteiger partial charge < -0.3 is 0 Å². The number of hydrogen-bond donors (Lipinski definition) is 0. The van der Waals surface area contributed by atoms with E-state index in [0.29, 0.717) is 0 Å². The fourth-order valence-corrected chi connectivity index (χ4v) is 0.452. The molecule has 0 saturated carbocycles. The summed E-state index contributed by atoms with van der Waals surface area (Å²) in [5.41, 5.74) is 1.15. The third kappa shape index (κ3) is 5.10. The van der Waals surface area contributed by atoms with Gasteiger partial charge in [0.15, 0.2) is 0 Å². The summed E-state index contributed by atoms with van der Waals surface area (Å²) < 4.78 is 0. The third-order valence-electron chi connectivity index (χ3n) is 1.14. The summed E-state index contributed by atoms with van der Waals surface area (Å²) in [6.45, 7) is 9.47. The fraction of sp³-hybridized carbons (Fsp3) is 0.200. The lowest BCUT2D eigenvalue weighted by Gasteiger charge is -1.86. The lowest BCUT2D eigenvalue weighted by atomic mass is 10.2. The Hall–Kier alpha value is -1.04. The normalized spacial score (nSPS) is 10.9. The van der Waals surface area contributed by atoms with Crippen LogP contribution in [0, 0.1) is 0 Å². The minimum Gasteiger partial charge on any atom is -0.0991 e. The van der Waals surface area contributed by atoms with E-state index in [9.17, 15) is 0 Å². The lowest BCUT2D eigenvalue weighted by molar-refractivity contribution is 1.16. The highest BCUT2D eigenvalue weighted by Gasteiger charge is 1.76. The third-order valence-corrected chi connectivity index (χ3v) is 1.14. The minimum atomic E-state index is 1.01. The molecule has 0 rings (SSSR count). The van der Waals surface area contributed by atoms with E-state index in [2.05, 4.69) is 20.1 Å². The van der Waals surface area contributed by atoms with Crippen LogP contribution in [0.25, 0.3) is 0 Å². The molecule has 0 aliphatic carbocycles. The quantitative estimate of drug-likeness (QED) is 0.518. The number of rotatable bonds is 4. The average molecular weight is 134 g/mol. The first-order valence-electron chi connectivity index (χ1n) is 3.44. The van der Waals surface area contributed by atoms with Gasteiger partial charge in [-0.05, 0) is 6.42 Å². The first-order valence-corrected chi connectivity index (χ1v) is 3.44. The zero-order valence-corrected chi connectivity index (χ0v) is 6.51. The van der Waals surface area contributed by atoms with Crippen molar-refractivity contribution in [2.75, 3.05) is 0 Å². The van der Waals surface area contributed by atoms with Gasteiger partial charge in [-0.25, -0.2) is 0 Å². The van der Waals surface area contributed by atoms with Gasteiger partial charge in [0.1, 0.15) is 0 Å². The molecular formula is C10H14. The maximum atomic E-state index is 3.82. The molecule has 10 heavy (non-hydrogen) atoms. The van der Waals surface area contributed by atoms with Crippen molar-refractivity contribution >= 4 is 0 Å². The first-order chi connectivity index (χ1) is 4.81. The number of allylic oxidation sites excluding steroid dienone is 6. The van der Waals surface area contributed by atoms with E-state index in [0.717, 1.165) is 12.0 Å². The summed E-state index contributed by atoms with van der Waals surface area (Å²) in [6, 6.07) is 0. The molecular weight excluding hydrogens is 120 g/mol. The molecule has 0 unspecified atom stereocenters. The van der Waals surface area contributed by atoms with Crippen LogP contribution in [0.4, 0.5) is 0 Å². The molecule has 0 aliphatic heterocycles. The Labute approximate surface area is 63.3 Å². The van der Waals surface area contributed by atoms with E-state index in [1.54, 1.807) is 6.08 Å². The molecule has 0 aliphatic rings. The van der Waals surface area contributed by atoms with Gasteiger partial charge in [-0.3, -0.25) is 0 Å². The molecule has 0 heteroatoms. The fourth-order valence-electron chi connectivity index (χ4n) is 0.452. The molecule has 0 amide bonds. The Bertz CT molecular complexity index is 159. The molecule has 0 N–H and O–H groups in total. The monoisotopic (exact) mass is 134 g/mol. The summed E-state index contributed by atoms with van der Waals surface area (Å²) in [6.07, 6.45) is 10.6. The molecule has 0 spiro atoms. The van der Waals surface area contributed by atoms with Crippen LogP contribution in [0.1, 0.15) is 13.3 Å². The van der Waals surface area contributed by atoms with E-state index in [1.165, 1.54) is 0 Å². The van der Waals surface area contributed by atoms with Crippen LogP contribution in [0.2, 0.25) is 0 Å². The highest BCUT2D eigenvalue weighted by atomic mass is 13.8. The van der Waals surface area contributed by atoms with Gasteiger partial charge in [-0.2, -0.15) is 0 Å². The van der Waals surface area contributed by atoms with Gasteiger partial charge in [-0.1, -0.05) is 56.0 Å². The molecule has 54 valence electrons. The van der Waals surface area contributed by atoms with E-state index in [4.69, 9.17) is 0 Å². The van der Waals surface area contributed by atoms with Crippen molar-refractivity contribution in [3.05, 3.63) is 49.1 Å². The second-order valence-electron chi connectivity index (χ2n) is 1.99. The highest BCUT2D eigenvalue weighted by molar-refractivity contribution is 5.19. The van der Waals surface area contributed by atoms with Crippen molar-refractivity contribution in [2.24, 2.45) is 0 Å². The van der Waals surface area contributed by atoms with Crippen molar-refractivity contribution in [3.63, 3.8) is 0 Å². The van der Waals surface area contributed by atoms with Crippen LogP contribution in [0.15, 0.2) is 49.1 Å². The Morgan fingerprint density at radius 2 is 2.00 bits per heavy atom. The summed E-state index contributed by atoms with van der Waals surface area (Å²) in [5, 5.41) is 0. The summed E-state index contributed by atoms with van der Waals surface area (Å²) in [7, 11) is 0. The van der Waals surface area contributed by atoms with Crippen LogP contribution in [0.3, 0.4) is 0 Å².